The van der Waals surface area contributed by atoms with Crippen LogP contribution in [-0.4, -0.2) is 23.3 Å². The van der Waals surface area contributed by atoms with Gasteiger partial charge in [-0.3, -0.25) is 4.79 Å². The van der Waals surface area contributed by atoms with Crippen LogP contribution in [0.5, 0.6) is 11.5 Å². The number of hydrogen-bond donors (Lipinski definition) is 1. The largest absolute Gasteiger partial charge is 0.496 e. The lowest BCUT2D eigenvalue weighted by atomic mass is 10.0. The van der Waals surface area contributed by atoms with E-state index in [1.807, 2.05) is 6.07 Å². The molecule has 0 spiro atoms. The predicted octanol–water partition coefficient (Wildman–Crippen LogP) is 4.92. The van der Waals surface area contributed by atoms with E-state index in [1.54, 1.807) is 49.8 Å². The van der Waals surface area contributed by atoms with Gasteiger partial charge >= 0.3 is 0 Å². The lowest BCUT2D eigenvalue weighted by Gasteiger charge is -2.14. The summed E-state index contributed by atoms with van der Waals surface area (Å²) in [7, 11) is 1.54. The standard InChI is InChI=1S/C20H15Cl2N3O3S/c1-27-15-7-6-11(18-13(9-23)19(26)25-20(24-18)29-2)8-12(15)10-28-16-5-3-4-14(21)17(16)22/h3-8H,10H2,1-2H3,(H,24,25,26). The molecule has 0 fully saturated rings. The van der Waals surface area contributed by atoms with Crippen molar-refractivity contribution >= 4 is 35.0 Å². The zero-order chi connectivity index (χ0) is 21.0. The first kappa shape index (κ1) is 21.1. The van der Waals surface area contributed by atoms with Gasteiger partial charge in [-0.05, 0) is 36.6 Å². The molecule has 0 aliphatic heterocycles. The molecular weight excluding hydrogens is 433 g/mol. The predicted molar refractivity (Wildman–Crippen MR) is 114 cm³/mol. The highest BCUT2D eigenvalue weighted by atomic mass is 35.5. The second-order valence-electron chi connectivity index (χ2n) is 5.78. The SMILES string of the molecule is COc1ccc(-c2nc(SC)[nH]c(=O)c2C#N)cc1COc1cccc(Cl)c1Cl. The number of nitrogens with one attached hydrogen (secondary N) is 1. The molecule has 148 valence electrons. The average molecular weight is 448 g/mol. The summed E-state index contributed by atoms with van der Waals surface area (Å²) >= 11 is 13.5. The van der Waals surface area contributed by atoms with Crippen molar-refractivity contribution in [1.82, 2.24) is 9.97 Å². The molecule has 0 radical (unpaired) electrons. The Labute approximate surface area is 181 Å². The molecule has 9 heteroatoms. The van der Waals surface area contributed by atoms with Crippen molar-refractivity contribution in [1.29, 1.82) is 5.26 Å². The number of aromatic nitrogens is 2. The third-order valence-corrected chi connectivity index (χ3v) is 5.44. The number of aromatic amines is 1. The second kappa shape index (κ2) is 9.23. The molecule has 0 unspecified atom stereocenters. The number of thioether (sulfide) groups is 1. The Hall–Kier alpha value is -2.66. The van der Waals surface area contributed by atoms with Crippen LogP contribution in [0.4, 0.5) is 0 Å². The summed E-state index contributed by atoms with van der Waals surface area (Å²) < 4.78 is 11.2. The van der Waals surface area contributed by atoms with Crippen molar-refractivity contribution in [3.05, 3.63) is 67.9 Å². The lowest BCUT2D eigenvalue weighted by Crippen LogP contribution is -2.14. The molecule has 0 bridgehead atoms. The normalized spacial score (nSPS) is 10.4. The molecular formula is C20H15Cl2N3O3S. The fourth-order valence-electron chi connectivity index (χ4n) is 2.65. The maximum Gasteiger partial charge on any atom is 0.270 e. The molecule has 0 saturated carbocycles. The van der Waals surface area contributed by atoms with Gasteiger partial charge in [-0.1, -0.05) is 41.0 Å². The highest BCUT2D eigenvalue weighted by Crippen LogP contribution is 2.33. The number of H-pyrrole nitrogens is 1. The van der Waals surface area contributed by atoms with E-state index in [9.17, 15) is 10.1 Å². The van der Waals surface area contributed by atoms with Crippen molar-refractivity contribution in [2.45, 2.75) is 11.8 Å². The molecule has 3 aromatic rings. The van der Waals surface area contributed by atoms with E-state index in [1.165, 1.54) is 11.8 Å². The highest BCUT2D eigenvalue weighted by Gasteiger charge is 2.16. The fourth-order valence-corrected chi connectivity index (χ4v) is 3.38. The molecule has 1 heterocycles. The summed E-state index contributed by atoms with van der Waals surface area (Å²) in [5.74, 6) is 1.02. The summed E-state index contributed by atoms with van der Waals surface area (Å²) in [6.45, 7) is 0.136. The Bertz CT molecular complexity index is 1160. The summed E-state index contributed by atoms with van der Waals surface area (Å²) in [4.78, 5) is 19.2. The Morgan fingerprint density at radius 1 is 1.24 bits per heavy atom. The van der Waals surface area contributed by atoms with E-state index in [2.05, 4.69) is 9.97 Å². The minimum atomic E-state index is -0.485. The first-order valence-corrected chi connectivity index (χ1v) is 10.3. The van der Waals surface area contributed by atoms with Crippen LogP contribution < -0.4 is 15.0 Å². The molecule has 0 amide bonds. The summed E-state index contributed by atoms with van der Waals surface area (Å²) in [6.07, 6.45) is 1.79. The van der Waals surface area contributed by atoms with Gasteiger partial charge in [0.2, 0.25) is 0 Å². The van der Waals surface area contributed by atoms with Gasteiger partial charge in [0.15, 0.2) is 5.16 Å². The molecule has 0 atom stereocenters. The van der Waals surface area contributed by atoms with E-state index in [0.717, 1.165) is 0 Å². The molecule has 6 nitrogen and oxygen atoms in total. The van der Waals surface area contributed by atoms with Gasteiger partial charge in [0.25, 0.3) is 5.56 Å². The number of benzene rings is 2. The Kier molecular flexibility index (Phi) is 6.70. The summed E-state index contributed by atoms with van der Waals surface area (Å²) in [6, 6.07) is 12.3. The Balaban J connectivity index is 2.02. The molecule has 1 N–H and O–H groups in total. The van der Waals surface area contributed by atoms with Crippen LogP contribution in [-0.2, 0) is 6.61 Å². The summed E-state index contributed by atoms with van der Waals surface area (Å²) in [5, 5.41) is 10.5. The number of nitrogens with zero attached hydrogens (tertiary/aromatic N) is 2. The van der Waals surface area contributed by atoms with E-state index in [0.29, 0.717) is 43.5 Å². The molecule has 0 saturated heterocycles. The topological polar surface area (TPSA) is 88.0 Å². The van der Waals surface area contributed by atoms with Crippen molar-refractivity contribution in [2.75, 3.05) is 13.4 Å². The van der Waals surface area contributed by atoms with Crippen LogP contribution >= 0.6 is 35.0 Å². The Morgan fingerprint density at radius 2 is 2.03 bits per heavy atom. The van der Waals surface area contributed by atoms with Crippen LogP contribution in [0.2, 0.25) is 10.0 Å². The van der Waals surface area contributed by atoms with Gasteiger partial charge in [-0.2, -0.15) is 5.26 Å². The lowest BCUT2D eigenvalue weighted by molar-refractivity contribution is 0.297. The van der Waals surface area contributed by atoms with Crippen LogP contribution in [0.1, 0.15) is 11.1 Å². The van der Waals surface area contributed by atoms with Crippen LogP contribution in [0.15, 0.2) is 46.3 Å². The number of hydrogen-bond acceptors (Lipinski definition) is 6. The van der Waals surface area contributed by atoms with E-state index in [4.69, 9.17) is 32.7 Å². The third-order valence-electron chi connectivity index (χ3n) is 4.06. The number of nitriles is 1. The monoisotopic (exact) mass is 447 g/mol. The molecule has 0 aliphatic rings. The van der Waals surface area contributed by atoms with E-state index >= 15 is 0 Å². The van der Waals surface area contributed by atoms with Crippen molar-refractivity contribution in [3.8, 4) is 28.8 Å². The number of rotatable bonds is 6. The zero-order valence-electron chi connectivity index (χ0n) is 15.5. The van der Waals surface area contributed by atoms with Crippen LogP contribution in [0.25, 0.3) is 11.3 Å². The van der Waals surface area contributed by atoms with Gasteiger partial charge in [0, 0.05) is 11.1 Å². The van der Waals surface area contributed by atoms with Crippen molar-refractivity contribution < 1.29 is 9.47 Å². The van der Waals surface area contributed by atoms with E-state index < -0.39 is 5.56 Å². The molecule has 2 aromatic carbocycles. The van der Waals surface area contributed by atoms with Gasteiger partial charge in [0.1, 0.15) is 34.8 Å². The Morgan fingerprint density at radius 3 is 2.72 bits per heavy atom. The van der Waals surface area contributed by atoms with Gasteiger partial charge in [-0.25, -0.2) is 4.98 Å². The maximum absolute atomic E-state index is 12.2. The molecule has 1 aromatic heterocycles. The maximum atomic E-state index is 12.2. The second-order valence-corrected chi connectivity index (χ2v) is 7.36. The fraction of sp³-hybridized carbons (Fsp3) is 0.150. The van der Waals surface area contributed by atoms with Crippen LogP contribution in [0, 0.1) is 11.3 Å². The van der Waals surface area contributed by atoms with Gasteiger partial charge in [0.05, 0.1) is 17.8 Å². The first-order chi connectivity index (χ1) is 14.0. The minimum absolute atomic E-state index is 0.0577. The third kappa shape index (κ3) is 4.51. The first-order valence-electron chi connectivity index (χ1n) is 8.31. The van der Waals surface area contributed by atoms with E-state index in [-0.39, 0.29) is 12.2 Å². The molecule has 0 aliphatic carbocycles. The molecule has 3 rings (SSSR count). The van der Waals surface area contributed by atoms with Crippen molar-refractivity contribution in [3.63, 3.8) is 0 Å². The van der Waals surface area contributed by atoms with Crippen LogP contribution in [0.3, 0.4) is 0 Å². The van der Waals surface area contributed by atoms with Gasteiger partial charge < -0.3 is 14.5 Å². The number of halogens is 2. The number of ether oxygens (including phenoxy) is 2. The van der Waals surface area contributed by atoms with Gasteiger partial charge in [-0.15, -0.1) is 0 Å². The highest BCUT2D eigenvalue weighted by molar-refractivity contribution is 7.98. The zero-order valence-corrected chi connectivity index (χ0v) is 17.8. The minimum Gasteiger partial charge on any atom is -0.496 e. The summed E-state index contributed by atoms with van der Waals surface area (Å²) in [5.41, 5.74) is 1.04. The molecule has 29 heavy (non-hydrogen) atoms. The average Bonchev–Trinajstić information content (AvgIpc) is 2.73. The quantitative estimate of drug-likeness (QED) is 0.425. The number of methoxy groups -OCH3 is 1. The smallest absolute Gasteiger partial charge is 0.270 e. The van der Waals surface area contributed by atoms with Crippen molar-refractivity contribution in [2.24, 2.45) is 0 Å².